The lowest BCUT2D eigenvalue weighted by Crippen LogP contribution is -2.49. The van der Waals surface area contributed by atoms with Gasteiger partial charge in [-0.25, -0.2) is 0 Å². The number of carbonyl (C=O) groups is 5. The number of aryl methyl sites for hydroxylation is 1. The first-order valence-electron chi connectivity index (χ1n) is 19.2. The van der Waals surface area contributed by atoms with Crippen LogP contribution >= 0.6 is 0 Å². The van der Waals surface area contributed by atoms with Gasteiger partial charge in [0, 0.05) is 37.6 Å². The number of hydrogen-bond donors (Lipinski definition) is 5. The number of benzene rings is 2. The summed E-state index contributed by atoms with van der Waals surface area (Å²) < 4.78 is 38.5. The minimum absolute atomic E-state index is 0.0136. The van der Waals surface area contributed by atoms with Crippen LogP contribution in [0.2, 0.25) is 0 Å². The van der Waals surface area contributed by atoms with E-state index in [0.717, 1.165) is 39.8 Å². The second-order valence-electron chi connectivity index (χ2n) is 13.9. The van der Waals surface area contributed by atoms with Crippen molar-refractivity contribution in [3.05, 3.63) is 65.2 Å². The Morgan fingerprint density at radius 1 is 0.946 bits per heavy atom. The van der Waals surface area contributed by atoms with Gasteiger partial charge < -0.3 is 35.4 Å². The standard InChI is InChI=1S/C38H55BFN6O9S/c1-4-22-45(23-5-2)26-35(48)41-21-7-6-9-32(44-34(47)20-15-28-13-18-31(19-14-28)55-56(40,53)54)37(50)42-25-29-11-16-30(17-12-29)36(49)43-27(3)38(51)46-24-8-10-33(46)39-52/h11-14,16-19,27,32-33,52H,4-10,15,20-26H2,1-3H3,(H,41,48)(H,42,50)(H,43,49)(H,44,47). The van der Waals surface area contributed by atoms with Gasteiger partial charge in [-0.1, -0.05) is 42.0 Å². The lowest BCUT2D eigenvalue weighted by Gasteiger charge is -2.26. The summed E-state index contributed by atoms with van der Waals surface area (Å²) >= 11 is 0. The number of rotatable bonds is 24. The van der Waals surface area contributed by atoms with E-state index in [0.29, 0.717) is 62.0 Å². The van der Waals surface area contributed by atoms with E-state index in [4.69, 9.17) is 0 Å². The van der Waals surface area contributed by atoms with E-state index in [1.54, 1.807) is 36.1 Å². The minimum Gasteiger partial charge on any atom is -0.452 e. The zero-order chi connectivity index (χ0) is 41.1. The number of halogens is 1. The second kappa shape index (κ2) is 23.5. The Balaban J connectivity index is 1.55. The second-order valence-corrected chi connectivity index (χ2v) is 14.8. The van der Waals surface area contributed by atoms with Crippen molar-refractivity contribution in [2.75, 3.05) is 32.7 Å². The Labute approximate surface area is 330 Å². The summed E-state index contributed by atoms with van der Waals surface area (Å²) in [6.07, 6.45) is 5.04. The number of hydrogen-bond acceptors (Lipinski definition) is 10. The smallest absolute Gasteiger partial charge is 0.452 e. The predicted molar refractivity (Wildman–Crippen MR) is 209 cm³/mol. The van der Waals surface area contributed by atoms with Crippen LogP contribution in [-0.4, -0.2) is 111 Å². The van der Waals surface area contributed by atoms with E-state index in [2.05, 4.69) is 44.2 Å². The number of nitrogens with one attached hydrogen (secondary N) is 4. The average Bonchev–Trinajstić information content (AvgIpc) is 3.64. The van der Waals surface area contributed by atoms with Gasteiger partial charge in [0.25, 0.3) is 5.91 Å². The molecule has 0 aliphatic carbocycles. The molecule has 18 heteroatoms. The number of carbonyl (C=O) groups excluding carboxylic acids is 5. The molecule has 5 N–H and O–H groups in total. The number of unbranched alkanes of at least 4 members (excludes halogenated alkanes) is 1. The van der Waals surface area contributed by atoms with E-state index >= 15 is 0 Å². The Bertz CT molecular complexity index is 1700. The fourth-order valence-corrected chi connectivity index (χ4v) is 6.72. The van der Waals surface area contributed by atoms with Crippen molar-refractivity contribution in [2.24, 2.45) is 0 Å². The van der Waals surface area contributed by atoms with Crippen molar-refractivity contribution in [2.45, 2.75) is 103 Å². The molecule has 1 aliphatic rings. The topological polar surface area (TPSA) is 204 Å². The van der Waals surface area contributed by atoms with Crippen molar-refractivity contribution in [3.8, 4) is 5.75 Å². The molecule has 3 rings (SSSR count). The normalized spacial score (nSPS) is 15.1. The predicted octanol–water partition coefficient (Wildman–Crippen LogP) is 2.10. The van der Waals surface area contributed by atoms with Gasteiger partial charge in [0.2, 0.25) is 23.6 Å². The Morgan fingerprint density at radius 2 is 1.61 bits per heavy atom. The van der Waals surface area contributed by atoms with Gasteiger partial charge in [-0.3, -0.25) is 28.9 Å². The van der Waals surface area contributed by atoms with Gasteiger partial charge in [0.05, 0.1) is 6.54 Å². The first kappa shape index (κ1) is 45.8. The van der Waals surface area contributed by atoms with Crippen LogP contribution in [0, 0.1) is 0 Å². The van der Waals surface area contributed by atoms with Gasteiger partial charge in [0.1, 0.15) is 17.8 Å². The number of amides is 5. The molecule has 3 atom stereocenters. The lowest BCUT2D eigenvalue weighted by atomic mass is 9.86. The number of nitrogens with zero attached hydrogens (tertiary/aromatic N) is 2. The van der Waals surface area contributed by atoms with E-state index in [-0.39, 0.29) is 42.9 Å². The maximum atomic E-state index is 13.4. The average molecular weight is 802 g/mol. The summed E-state index contributed by atoms with van der Waals surface area (Å²) in [5.74, 6) is -2.17. The van der Waals surface area contributed by atoms with Crippen LogP contribution < -0.4 is 25.5 Å². The molecule has 1 heterocycles. The summed E-state index contributed by atoms with van der Waals surface area (Å²) in [5.41, 5.74) is 1.68. The third-order valence-corrected chi connectivity index (χ3v) is 9.65. The van der Waals surface area contributed by atoms with Crippen molar-refractivity contribution in [1.82, 2.24) is 31.1 Å². The molecule has 0 spiro atoms. The molecule has 1 fully saturated rings. The molecule has 3 unspecified atom stereocenters. The SMILES string of the molecule is CCCN(CCC)CC(=O)NCCCCC(NC(=O)CCc1ccc(OS(=O)(=O)F)cc1)C(=O)NCc1ccc(C(=O)NC(C)C(=O)N2CCCC2[B]O)cc1. The Kier molecular flexibility index (Phi) is 19.2. The largest absolute Gasteiger partial charge is 0.488 e. The summed E-state index contributed by atoms with van der Waals surface area (Å²) in [6, 6.07) is 10.4. The molecule has 1 aliphatic heterocycles. The lowest BCUT2D eigenvalue weighted by molar-refractivity contribution is -0.132. The van der Waals surface area contributed by atoms with E-state index in [1.807, 2.05) is 0 Å². The van der Waals surface area contributed by atoms with Crippen molar-refractivity contribution < 1.29 is 45.5 Å². The van der Waals surface area contributed by atoms with Crippen LogP contribution in [-0.2, 0) is 42.6 Å². The van der Waals surface area contributed by atoms with Crippen LogP contribution in [0.4, 0.5) is 3.89 Å². The van der Waals surface area contributed by atoms with E-state index in [1.165, 1.54) is 24.3 Å². The third kappa shape index (κ3) is 16.3. The molecule has 5 amide bonds. The highest BCUT2D eigenvalue weighted by atomic mass is 32.3. The van der Waals surface area contributed by atoms with E-state index < -0.39 is 40.3 Å². The van der Waals surface area contributed by atoms with Crippen LogP contribution in [0.3, 0.4) is 0 Å². The highest BCUT2D eigenvalue weighted by Crippen LogP contribution is 2.18. The highest BCUT2D eigenvalue weighted by Gasteiger charge is 2.32. The summed E-state index contributed by atoms with van der Waals surface area (Å²) in [5, 5.41) is 20.7. The van der Waals surface area contributed by atoms with Crippen molar-refractivity contribution in [1.29, 1.82) is 0 Å². The van der Waals surface area contributed by atoms with Crippen molar-refractivity contribution >= 4 is 47.5 Å². The molecule has 0 bridgehead atoms. The zero-order valence-corrected chi connectivity index (χ0v) is 33.2. The van der Waals surface area contributed by atoms with E-state index in [9.17, 15) is 41.3 Å². The summed E-state index contributed by atoms with van der Waals surface area (Å²) in [4.78, 5) is 68.2. The molecule has 1 saturated heterocycles. The molecular formula is C38H55BFN6O9S. The highest BCUT2D eigenvalue weighted by molar-refractivity contribution is 7.81. The number of likely N-dealkylation sites (tertiary alicyclic amines) is 1. The Hall–Kier alpha value is -4.55. The van der Waals surface area contributed by atoms with Crippen molar-refractivity contribution in [3.63, 3.8) is 0 Å². The summed E-state index contributed by atoms with van der Waals surface area (Å²) in [6.45, 7) is 8.77. The maximum absolute atomic E-state index is 13.4. The Morgan fingerprint density at radius 3 is 2.23 bits per heavy atom. The maximum Gasteiger partial charge on any atom is 0.488 e. The minimum atomic E-state index is -5.16. The van der Waals surface area contributed by atoms with Gasteiger partial charge >= 0.3 is 18.0 Å². The monoisotopic (exact) mass is 801 g/mol. The molecule has 2 aromatic rings. The fourth-order valence-electron chi connectivity index (χ4n) is 6.38. The van der Waals surface area contributed by atoms with Gasteiger partial charge in [-0.2, -0.15) is 8.42 Å². The molecule has 15 nitrogen and oxygen atoms in total. The third-order valence-electron chi connectivity index (χ3n) is 9.26. The first-order valence-corrected chi connectivity index (χ1v) is 20.5. The van der Waals surface area contributed by atoms with Crippen LogP contribution in [0.15, 0.2) is 48.5 Å². The molecule has 0 aromatic heterocycles. The zero-order valence-electron chi connectivity index (χ0n) is 32.4. The molecule has 307 valence electrons. The van der Waals surface area contributed by atoms with Crippen LogP contribution in [0.25, 0.3) is 0 Å². The molecular weight excluding hydrogens is 746 g/mol. The molecule has 56 heavy (non-hydrogen) atoms. The van der Waals surface area contributed by atoms with Crippen LogP contribution in [0.1, 0.15) is 93.6 Å². The molecule has 0 saturated carbocycles. The molecule has 1 radical (unpaired) electrons. The quantitative estimate of drug-likeness (QED) is 0.0595. The van der Waals surface area contributed by atoms with Crippen LogP contribution in [0.5, 0.6) is 5.75 Å². The van der Waals surface area contributed by atoms with Gasteiger partial charge in [-0.15, -0.1) is 0 Å². The summed E-state index contributed by atoms with van der Waals surface area (Å²) in [7, 11) is -4.16. The fraction of sp³-hybridized carbons (Fsp3) is 0.553. The molecule has 2 aromatic carbocycles. The first-order chi connectivity index (χ1) is 26.7. The van der Waals surface area contributed by atoms with Gasteiger partial charge in [0.15, 0.2) is 0 Å². The van der Waals surface area contributed by atoms with Gasteiger partial charge in [-0.05, 0) is 107 Å².